The number of hydrogen-bond acceptors (Lipinski definition) is 5. The molecule has 6 nitrogen and oxygen atoms in total. The molecule has 0 aromatic heterocycles. The van der Waals surface area contributed by atoms with Crippen LogP contribution in [0.15, 0.2) is 53.4 Å². The first kappa shape index (κ1) is 19.3. The third-order valence-corrected chi connectivity index (χ3v) is 6.08. The number of esters is 1. The van der Waals surface area contributed by atoms with Gasteiger partial charge in [-0.1, -0.05) is 18.2 Å². The fourth-order valence-electron chi connectivity index (χ4n) is 2.79. The zero-order chi connectivity index (χ0) is 19.3. The Hall–Kier alpha value is -2.45. The fourth-order valence-corrected chi connectivity index (χ4v) is 4.36. The highest BCUT2D eigenvalue weighted by Crippen LogP contribution is 2.22. The lowest BCUT2D eigenvalue weighted by molar-refractivity contribution is 0.0448. The van der Waals surface area contributed by atoms with Gasteiger partial charge in [-0.25, -0.2) is 17.6 Å². The molecule has 0 amide bonds. The van der Waals surface area contributed by atoms with Crippen molar-refractivity contribution in [3.05, 3.63) is 59.9 Å². The molecule has 0 atom stereocenters. The molecular weight excluding hydrogens is 373 g/mol. The summed E-state index contributed by atoms with van der Waals surface area (Å²) in [7, 11) is -3.60. The molecular formula is C19H20FNO5S. The first-order valence-electron chi connectivity index (χ1n) is 8.63. The Morgan fingerprint density at radius 1 is 1.04 bits per heavy atom. The van der Waals surface area contributed by atoms with Gasteiger partial charge in [0.1, 0.15) is 13.2 Å². The van der Waals surface area contributed by atoms with Crippen LogP contribution in [0.2, 0.25) is 0 Å². The van der Waals surface area contributed by atoms with Gasteiger partial charge in [-0.3, -0.25) is 0 Å². The van der Waals surface area contributed by atoms with Crippen molar-refractivity contribution < 1.29 is 27.1 Å². The minimum absolute atomic E-state index is 0.0154. The lowest BCUT2D eigenvalue weighted by atomic mass is 10.2. The first-order chi connectivity index (χ1) is 13.0. The summed E-state index contributed by atoms with van der Waals surface area (Å²) in [4.78, 5) is 12.2. The van der Waals surface area contributed by atoms with E-state index in [9.17, 15) is 17.6 Å². The summed E-state index contributed by atoms with van der Waals surface area (Å²) >= 11 is 0. The Kier molecular flexibility index (Phi) is 6.08. The first-order valence-corrected chi connectivity index (χ1v) is 10.1. The summed E-state index contributed by atoms with van der Waals surface area (Å²) in [5, 5.41) is 0. The highest BCUT2D eigenvalue weighted by molar-refractivity contribution is 7.89. The van der Waals surface area contributed by atoms with Gasteiger partial charge in [-0.05, 0) is 43.2 Å². The lowest BCUT2D eigenvalue weighted by Gasteiger charge is -2.15. The van der Waals surface area contributed by atoms with Gasteiger partial charge in [0.2, 0.25) is 10.0 Å². The summed E-state index contributed by atoms with van der Waals surface area (Å²) < 4.78 is 50.3. The molecule has 1 saturated heterocycles. The quantitative estimate of drug-likeness (QED) is 0.534. The van der Waals surface area contributed by atoms with Crippen molar-refractivity contribution in [3.8, 4) is 5.75 Å². The minimum atomic E-state index is -3.60. The Balaban J connectivity index is 1.58. The molecule has 8 heteroatoms. The van der Waals surface area contributed by atoms with Crippen molar-refractivity contribution >= 4 is 16.0 Å². The number of hydrogen-bond donors (Lipinski definition) is 0. The van der Waals surface area contributed by atoms with Crippen molar-refractivity contribution in [2.75, 3.05) is 26.3 Å². The van der Waals surface area contributed by atoms with Crippen LogP contribution >= 0.6 is 0 Å². The summed E-state index contributed by atoms with van der Waals surface area (Å²) in [5.74, 6) is -1.08. The molecule has 3 rings (SSSR count). The zero-order valence-corrected chi connectivity index (χ0v) is 15.5. The van der Waals surface area contributed by atoms with Crippen LogP contribution in [-0.4, -0.2) is 45.0 Å². The van der Waals surface area contributed by atoms with Gasteiger partial charge in [-0.2, -0.15) is 4.31 Å². The van der Waals surface area contributed by atoms with E-state index in [0.29, 0.717) is 13.1 Å². The molecule has 0 bridgehead atoms. The predicted octanol–water partition coefficient (Wildman–Crippen LogP) is 2.85. The maximum atomic E-state index is 13.4. The number of para-hydroxylation sites is 1. The molecule has 0 spiro atoms. The molecule has 1 aliphatic rings. The van der Waals surface area contributed by atoms with Crippen LogP contribution in [0, 0.1) is 5.82 Å². The zero-order valence-electron chi connectivity index (χ0n) is 14.6. The van der Waals surface area contributed by atoms with Crippen LogP contribution in [-0.2, 0) is 14.8 Å². The summed E-state index contributed by atoms with van der Waals surface area (Å²) in [6.45, 7) is 0.878. The SMILES string of the molecule is O=C(OCCOc1ccccc1F)c1cccc(S(=O)(=O)N2CCCC2)c1. The molecule has 0 N–H and O–H groups in total. The van der Waals surface area contributed by atoms with Crippen LogP contribution in [0.5, 0.6) is 5.75 Å². The van der Waals surface area contributed by atoms with Gasteiger partial charge in [0, 0.05) is 13.1 Å². The van der Waals surface area contributed by atoms with E-state index in [0.717, 1.165) is 12.8 Å². The average molecular weight is 393 g/mol. The van der Waals surface area contributed by atoms with E-state index in [4.69, 9.17) is 9.47 Å². The molecule has 0 unspecified atom stereocenters. The number of halogens is 1. The lowest BCUT2D eigenvalue weighted by Crippen LogP contribution is -2.28. The highest BCUT2D eigenvalue weighted by atomic mass is 32.2. The molecule has 0 radical (unpaired) electrons. The summed E-state index contributed by atoms with van der Waals surface area (Å²) in [6.07, 6.45) is 1.67. The average Bonchev–Trinajstić information content (AvgIpc) is 3.22. The smallest absolute Gasteiger partial charge is 0.338 e. The Labute approximate surface area is 157 Å². The standard InChI is InChI=1S/C19H20FNO5S/c20-17-8-1-2-9-18(17)25-12-13-26-19(22)15-6-5-7-16(14-15)27(23,24)21-10-3-4-11-21/h1-2,5-9,14H,3-4,10-13H2. The van der Waals surface area contributed by atoms with Crippen molar-refractivity contribution in [2.24, 2.45) is 0 Å². The molecule has 2 aromatic carbocycles. The third-order valence-electron chi connectivity index (χ3n) is 4.18. The van der Waals surface area contributed by atoms with Gasteiger partial charge in [0.25, 0.3) is 0 Å². The van der Waals surface area contributed by atoms with Crippen LogP contribution in [0.25, 0.3) is 0 Å². The largest absolute Gasteiger partial charge is 0.487 e. The predicted molar refractivity (Wildman–Crippen MR) is 96.6 cm³/mol. The third kappa shape index (κ3) is 4.64. The monoisotopic (exact) mass is 393 g/mol. The maximum absolute atomic E-state index is 13.4. The van der Waals surface area contributed by atoms with E-state index in [1.54, 1.807) is 12.1 Å². The minimum Gasteiger partial charge on any atom is -0.487 e. The van der Waals surface area contributed by atoms with E-state index < -0.39 is 21.8 Å². The van der Waals surface area contributed by atoms with Crippen molar-refractivity contribution in [1.29, 1.82) is 0 Å². The van der Waals surface area contributed by atoms with Gasteiger partial charge in [-0.15, -0.1) is 0 Å². The number of ether oxygens (including phenoxy) is 2. The van der Waals surface area contributed by atoms with Crippen LogP contribution in [0.3, 0.4) is 0 Å². The Morgan fingerprint density at radius 3 is 2.52 bits per heavy atom. The van der Waals surface area contributed by atoms with E-state index in [2.05, 4.69) is 0 Å². The van der Waals surface area contributed by atoms with E-state index in [-0.39, 0.29) is 29.4 Å². The molecule has 2 aromatic rings. The van der Waals surface area contributed by atoms with E-state index in [1.807, 2.05) is 0 Å². The number of sulfonamides is 1. The second kappa shape index (κ2) is 8.49. The molecule has 0 saturated carbocycles. The van der Waals surface area contributed by atoms with Crippen LogP contribution in [0.1, 0.15) is 23.2 Å². The number of nitrogens with zero attached hydrogens (tertiary/aromatic N) is 1. The Morgan fingerprint density at radius 2 is 1.78 bits per heavy atom. The van der Waals surface area contributed by atoms with Crippen LogP contribution in [0.4, 0.5) is 4.39 Å². The van der Waals surface area contributed by atoms with Crippen molar-refractivity contribution in [1.82, 2.24) is 4.31 Å². The van der Waals surface area contributed by atoms with Crippen molar-refractivity contribution in [2.45, 2.75) is 17.7 Å². The van der Waals surface area contributed by atoms with Gasteiger partial charge in [0.05, 0.1) is 10.5 Å². The number of carbonyl (C=O) groups excluding carboxylic acids is 1. The second-order valence-corrected chi connectivity index (χ2v) is 7.99. The molecule has 1 heterocycles. The van der Waals surface area contributed by atoms with Crippen LogP contribution < -0.4 is 4.74 Å². The molecule has 1 aliphatic heterocycles. The van der Waals surface area contributed by atoms with Gasteiger partial charge < -0.3 is 9.47 Å². The normalized spacial score (nSPS) is 14.9. The van der Waals surface area contributed by atoms with Crippen molar-refractivity contribution in [3.63, 3.8) is 0 Å². The fraction of sp³-hybridized carbons (Fsp3) is 0.316. The topological polar surface area (TPSA) is 72.9 Å². The van der Waals surface area contributed by atoms with Gasteiger partial charge >= 0.3 is 5.97 Å². The molecule has 144 valence electrons. The summed E-state index contributed by atoms with van der Waals surface area (Å²) in [5.41, 5.74) is 0.140. The Bertz CT molecular complexity index is 910. The molecule has 27 heavy (non-hydrogen) atoms. The molecule has 0 aliphatic carbocycles. The van der Waals surface area contributed by atoms with E-state index >= 15 is 0 Å². The number of carbonyl (C=O) groups is 1. The van der Waals surface area contributed by atoms with Gasteiger partial charge in [0.15, 0.2) is 11.6 Å². The molecule has 1 fully saturated rings. The summed E-state index contributed by atoms with van der Waals surface area (Å²) in [6, 6.07) is 11.7. The number of benzene rings is 2. The second-order valence-electron chi connectivity index (χ2n) is 6.05. The highest BCUT2D eigenvalue weighted by Gasteiger charge is 2.27. The number of rotatable bonds is 7. The maximum Gasteiger partial charge on any atom is 0.338 e. The van der Waals surface area contributed by atoms with E-state index in [1.165, 1.54) is 40.7 Å².